The van der Waals surface area contributed by atoms with Crippen molar-refractivity contribution in [1.82, 2.24) is 0 Å². The number of fused-ring (bicyclic) bond motifs is 1. The largest absolute Gasteiger partial charge is 0.489 e. The third kappa shape index (κ3) is 3.08. The van der Waals surface area contributed by atoms with Gasteiger partial charge in [-0.25, -0.2) is 4.39 Å². The van der Waals surface area contributed by atoms with Gasteiger partial charge in [-0.05, 0) is 29.8 Å². The highest BCUT2D eigenvalue weighted by molar-refractivity contribution is 7.84. The Labute approximate surface area is 125 Å². The molecule has 3 rings (SSSR count). The van der Waals surface area contributed by atoms with Gasteiger partial charge < -0.3 is 9.64 Å². The van der Waals surface area contributed by atoms with Gasteiger partial charge in [0.1, 0.15) is 18.2 Å². The molecule has 0 aliphatic carbocycles. The Kier molecular flexibility index (Phi) is 3.92. The number of benzene rings is 2. The Hall–Kier alpha value is -1.88. The van der Waals surface area contributed by atoms with Crippen LogP contribution >= 0.6 is 0 Å². The van der Waals surface area contributed by atoms with Gasteiger partial charge in [0.15, 0.2) is 0 Å². The predicted octanol–water partition coefficient (Wildman–Crippen LogP) is 2.96. The zero-order chi connectivity index (χ0) is 14.8. The lowest BCUT2D eigenvalue weighted by molar-refractivity contribution is 0.305. The molecule has 1 aliphatic rings. The van der Waals surface area contributed by atoms with Crippen molar-refractivity contribution in [3.63, 3.8) is 0 Å². The van der Waals surface area contributed by atoms with Crippen LogP contribution in [-0.2, 0) is 17.3 Å². The first kappa shape index (κ1) is 14.1. The van der Waals surface area contributed by atoms with Crippen LogP contribution in [0, 0.1) is 5.82 Å². The topological polar surface area (TPSA) is 29.5 Å². The van der Waals surface area contributed by atoms with Crippen LogP contribution in [0.4, 0.5) is 10.1 Å². The average Bonchev–Trinajstić information content (AvgIpc) is 2.47. The fourth-order valence-corrected chi connectivity index (χ4v) is 2.94. The van der Waals surface area contributed by atoms with Crippen LogP contribution in [0.1, 0.15) is 5.56 Å². The molecule has 0 saturated carbocycles. The molecule has 0 fully saturated rings. The Morgan fingerprint density at radius 2 is 2.00 bits per heavy atom. The summed E-state index contributed by atoms with van der Waals surface area (Å²) in [6, 6.07) is 12.4. The molecule has 0 amide bonds. The predicted molar refractivity (Wildman–Crippen MR) is 81.7 cm³/mol. The van der Waals surface area contributed by atoms with Gasteiger partial charge in [-0.3, -0.25) is 4.21 Å². The number of hydrogen-bond donors (Lipinski definition) is 0. The normalized spacial score (nSPS) is 15.2. The van der Waals surface area contributed by atoms with E-state index in [0.717, 1.165) is 29.2 Å². The minimum absolute atomic E-state index is 0.287. The third-order valence-corrected chi connectivity index (χ3v) is 4.45. The Morgan fingerprint density at radius 1 is 1.24 bits per heavy atom. The van der Waals surface area contributed by atoms with Crippen LogP contribution in [0.5, 0.6) is 5.75 Å². The van der Waals surface area contributed by atoms with Crippen LogP contribution in [-0.4, -0.2) is 23.6 Å². The van der Waals surface area contributed by atoms with Gasteiger partial charge in [0, 0.05) is 34.6 Å². The summed E-state index contributed by atoms with van der Waals surface area (Å²) in [5.41, 5.74) is 2.03. The molecule has 0 radical (unpaired) electrons. The maximum Gasteiger partial charge on any atom is 0.145 e. The third-order valence-electron chi connectivity index (χ3n) is 3.51. The van der Waals surface area contributed by atoms with Crippen molar-refractivity contribution in [2.75, 3.05) is 24.3 Å². The summed E-state index contributed by atoms with van der Waals surface area (Å²) in [7, 11) is -0.958. The van der Waals surface area contributed by atoms with Crippen molar-refractivity contribution in [3.8, 4) is 5.75 Å². The number of rotatable bonds is 3. The van der Waals surface area contributed by atoms with E-state index < -0.39 is 10.8 Å². The second kappa shape index (κ2) is 5.85. The second-order valence-corrected chi connectivity index (χ2v) is 6.36. The van der Waals surface area contributed by atoms with Crippen molar-refractivity contribution < 1.29 is 13.3 Å². The van der Waals surface area contributed by atoms with Crippen LogP contribution in [0.25, 0.3) is 0 Å². The zero-order valence-corrected chi connectivity index (χ0v) is 12.5. The fraction of sp³-hybridized carbons (Fsp3) is 0.250. The number of ether oxygens (including phenoxy) is 1. The molecule has 1 atom stereocenters. The molecule has 0 N–H and O–H groups in total. The van der Waals surface area contributed by atoms with Gasteiger partial charge in [0.05, 0.1) is 12.2 Å². The smallest absolute Gasteiger partial charge is 0.145 e. The highest BCUT2D eigenvalue weighted by atomic mass is 32.2. The first-order valence-corrected chi connectivity index (χ1v) is 8.29. The van der Waals surface area contributed by atoms with E-state index in [1.54, 1.807) is 12.3 Å². The molecule has 110 valence electrons. The molecule has 2 aromatic carbocycles. The molecule has 0 saturated heterocycles. The van der Waals surface area contributed by atoms with Gasteiger partial charge in [-0.2, -0.15) is 0 Å². The fourth-order valence-electron chi connectivity index (χ4n) is 2.42. The van der Waals surface area contributed by atoms with Crippen molar-refractivity contribution >= 4 is 16.5 Å². The summed E-state index contributed by atoms with van der Waals surface area (Å²) in [6.07, 6.45) is 1.67. The zero-order valence-electron chi connectivity index (χ0n) is 11.7. The number of hydrogen-bond acceptors (Lipinski definition) is 3. The molecular weight excluding hydrogens is 289 g/mol. The molecule has 2 aromatic rings. The van der Waals surface area contributed by atoms with E-state index >= 15 is 0 Å². The van der Waals surface area contributed by atoms with Crippen molar-refractivity contribution in [1.29, 1.82) is 0 Å². The van der Waals surface area contributed by atoms with Gasteiger partial charge >= 0.3 is 0 Å². The lowest BCUT2D eigenvalue weighted by Gasteiger charge is -2.31. The average molecular weight is 305 g/mol. The lowest BCUT2D eigenvalue weighted by Crippen LogP contribution is -2.32. The van der Waals surface area contributed by atoms with E-state index in [1.807, 2.05) is 24.3 Å². The van der Waals surface area contributed by atoms with E-state index in [2.05, 4.69) is 4.90 Å². The monoisotopic (exact) mass is 305 g/mol. The minimum atomic E-state index is -0.958. The standard InChI is InChI=1S/C16H16FNO2S/c1-21(19)14-5-2-12(3-6-14)11-18-8-9-20-16-10-13(17)4-7-15(16)18/h2-7,10H,8-9,11H2,1H3/t21-/m0/s1. The molecule has 1 aliphatic heterocycles. The van der Waals surface area contributed by atoms with Gasteiger partial charge in [-0.1, -0.05) is 12.1 Å². The van der Waals surface area contributed by atoms with E-state index in [0.29, 0.717) is 12.4 Å². The molecule has 0 spiro atoms. The first-order chi connectivity index (χ1) is 10.1. The minimum Gasteiger partial charge on any atom is -0.489 e. The van der Waals surface area contributed by atoms with E-state index in [9.17, 15) is 8.60 Å². The summed E-state index contributed by atoms with van der Waals surface area (Å²) in [5, 5.41) is 0. The Morgan fingerprint density at radius 3 is 2.71 bits per heavy atom. The maximum atomic E-state index is 13.2. The highest BCUT2D eigenvalue weighted by Gasteiger charge is 2.18. The second-order valence-electron chi connectivity index (χ2n) is 4.98. The first-order valence-electron chi connectivity index (χ1n) is 6.73. The quantitative estimate of drug-likeness (QED) is 0.873. The molecule has 1 heterocycles. The Balaban J connectivity index is 1.81. The molecular formula is C16H16FNO2S. The van der Waals surface area contributed by atoms with E-state index in [4.69, 9.17) is 4.74 Å². The summed E-state index contributed by atoms with van der Waals surface area (Å²) >= 11 is 0. The Bertz CT molecular complexity index is 672. The number of anilines is 1. The molecule has 21 heavy (non-hydrogen) atoms. The summed E-state index contributed by atoms with van der Waals surface area (Å²) in [6.45, 7) is 2.03. The summed E-state index contributed by atoms with van der Waals surface area (Å²) < 4.78 is 30.1. The highest BCUT2D eigenvalue weighted by Crippen LogP contribution is 2.33. The van der Waals surface area contributed by atoms with Crippen LogP contribution in [0.2, 0.25) is 0 Å². The van der Waals surface area contributed by atoms with Crippen molar-refractivity contribution in [2.45, 2.75) is 11.4 Å². The van der Waals surface area contributed by atoms with Crippen LogP contribution in [0.3, 0.4) is 0 Å². The molecule has 5 heteroatoms. The molecule has 3 nitrogen and oxygen atoms in total. The number of halogens is 1. The molecule has 0 aromatic heterocycles. The molecule has 0 bridgehead atoms. The van der Waals surface area contributed by atoms with Gasteiger partial charge in [-0.15, -0.1) is 0 Å². The number of nitrogens with zero attached hydrogens (tertiary/aromatic N) is 1. The molecule has 0 unspecified atom stereocenters. The van der Waals surface area contributed by atoms with Crippen molar-refractivity contribution in [3.05, 3.63) is 53.8 Å². The van der Waals surface area contributed by atoms with Gasteiger partial charge in [0.25, 0.3) is 0 Å². The SMILES string of the molecule is C[S@](=O)c1ccc(CN2CCOc3cc(F)ccc32)cc1. The summed E-state index contributed by atoms with van der Waals surface area (Å²) in [5.74, 6) is 0.304. The van der Waals surface area contributed by atoms with Gasteiger partial charge in [0.2, 0.25) is 0 Å². The lowest BCUT2D eigenvalue weighted by atomic mass is 10.1. The summed E-state index contributed by atoms with van der Waals surface area (Å²) in [4.78, 5) is 2.99. The van der Waals surface area contributed by atoms with E-state index in [-0.39, 0.29) is 5.82 Å². The van der Waals surface area contributed by atoms with Crippen LogP contribution < -0.4 is 9.64 Å². The van der Waals surface area contributed by atoms with Crippen LogP contribution in [0.15, 0.2) is 47.4 Å². The van der Waals surface area contributed by atoms with E-state index in [1.165, 1.54) is 12.1 Å². The van der Waals surface area contributed by atoms with Crippen molar-refractivity contribution in [2.24, 2.45) is 0 Å². The maximum absolute atomic E-state index is 13.2.